The zero-order chi connectivity index (χ0) is 11.0. The lowest BCUT2D eigenvalue weighted by molar-refractivity contribution is 0.0691. The Morgan fingerprint density at radius 1 is 1.47 bits per heavy atom. The van der Waals surface area contributed by atoms with Crippen LogP contribution in [0.1, 0.15) is 16.1 Å². The Hall–Kier alpha value is -1.61. The average Bonchev–Trinajstić information content (AvgIpc) is 2.19. The molecule has 0 unspecified atom stereocenters. The van der Waals surface area contributed by atoms with E-state index >= 15 is 0 Å². The average molecular weight is 222 g/mol. The summed E-state index contributed by atoms with van der Waals surface area (Å²) in [4.78, 5) is 14.8. The first-order valence-electron chi connectivity index (χ1n) is 4.39. The molecule has 0 saturated heterocycles. The molecule has 0 atom stereocenters. The van der Waals surface area contributed by atoms with Crippen LogP contribution in [0.5, 0.6) is 0 Å². The summed E-state index contributed by atoms with van der Waals surface area (Å²) >= 11 is 5.95. The topological polar surface area (TPSA) is 50.2 Å². The lowest BCUT2D eigenvalue weighted by atomic mass is 10.1. The molecule has 1 aromatic heterocycles. The van der Waals surface area contributed by atoms with Crippen LogP contribution in [0.25, 0.3) is 10.9 Å². The normalized spacial score (nSPS) is 10.5. The molecular formula is C11H8ClNO2. The monoisotopic (exact) mass is 221 g/mol. The van der Waals surface area contributed by atoms with Gasteiger partial charge in [0.1, 0.15) is 5.69 Å². The molecule has 2 rings (SSSR count). The first-order valence-corrected chi connectivity index (χ1v) is 4.76. The fourth-order valence-electron chi connectivity index (χ4n) is 1.49. The largest absolute Gasteiger partial charge is 0.477 e. The Kier molecular flexibility index (Phi) is 2.32. The molecule has 15 heavy (non-hydrogen) atoms. The molecule has 0 aliphatic carbocycles. The van der Waals surface area contributed by atoms with Gasteiger partial charge in [0, 0.05) is 5.39 Å². The van der Waals surface area contributed by atoms with E-state index in [1.165, 1.54) is 0 Å². The minimum absolute atomic E-state index is 0.0214. The van der Waals surface area contributed by atoms with Gasteiger partial charge in [-0.1, -0.05) is 23.7 Å². The summed E-state index contributed by atoms with van der Waals surface area (Å²) in [5, 5.41) is 10.2. The SMILES string of the molecule is Cc1cc(C(=O)O)nc2c(Cl)cccc12. The summed E-state index contributed by atoms with van der Waals surface area (Å²) in [5.41, 5.74) is 1.42. The van der Waals surface area contributed by atoms with Gasteiger partial charge in [-0.2, -0.15) is 0 Å². The summed E-state index contributed by atoms with van der Waals surface area (Å²) in [6.07, 6.45) is 0. The van der Waals surface area contributed by atoms with E-state index < -0.39 is 5.97 Å². The number of para-hydroxylation sites is 1. The molecule has 2 aromatic rings. The Morgan fingerprint density at radius 2 is 2.20 bits per heavy atom. The second-order valence-corrected chi connectivity index (χ2v) is 3.67. The van der Waals surface area contributed by atoms with Gasteiger partial charge in [-0.05, 0) is 24.6 Å². The molecule has 1 N–H and O–H groups in total. The van der Waals surface area contributed by atoms with Crippen LogP contribution in [-0.2, 0) is 0 Å². The second-order valence-electron chi connectivity index (χ2n) is 3.27. The third-order valence-corrected chi connectivity index (χ3v) is 2.52. The molecule has 1 heterocycles. The number of hydrogen-bond acceptors (Lipinski definition) is 2. The molecule has 4 heteroatoms. The van der Waals surface area contributed by atoms with E-state index in [2.05, 4.69) is 4.98 Å². The highest BCUT2D eigenvalue weighted by Crippen LogP contribution is 2.24. The van der Waals surface area contributed by atoms with Crippen molar-refractivity contribution in [3.63, 3.8) is 0 Å². The number of carbonyl (C=O) groups is 1. The first-order chi connectivity index (χ1) is 7.09. The molecule has 0 spiro atoms. The summed E-state index contributed by atoms with van der Waals surface area (Å²) < 4.78 is 0. The smallest absolute Gasteiger partial charge is 0.354 e. The van der Waals surface area contributed by atoms with Gasteiger partial charge >= 0.3 is 5.97 Å². The van der Waals surface area contributed by atoms with E-state index in [0.29, 0.717) is 10.5 Å². The number of hydrogen-bond donors (Lipinski definition) is 1. The Labute approximate surface area is 91.3 Å². The lowest BCUT2D eigenvalue weighted by Crippen LogP contribution is -2.01. The van der Waals surface area contributed by atoms with Crippen LogP contribution < -0.4 is 0 Å². The quantitative estimate of drug-likeness (QED) is 0.806. The van der Waals surface area contributed by atoms with Gasteiger partial charge in [-0.3, -0.25) is 0 Å². The fraction of sp³-hybridized carbons (Fsp3) is 0.0909. The maximum atomic E-state index is 10.8. The summed E-state index contributed by atoms with van der Waals surface area (Å²) in [6, 6.07) is 6.93. The van der Waals surface area contributed by atoms with Crippen LogP contribution in [0.3, 0.4) is 0 Å². The van der Waals surface area contributed by atoms with Crippen LogP contribution in [0.15, 0.2) is 24.3 Å². The standard InChI is InChI=1S/C11H8ClNO2/c1-6-5-9(11(14)15)13-10-7(6)3-2-4-8(10)12/h2-5H,1H3,(H,14,15). The van der Waals surface area contributed by atoms with Gasteiger partial charge in [-0.25, -0.2) is 9.78 Å². The molecule has 0 saturated carbocycles. The van der Waals surface area contributed by atoms with Crippen molar-refractivity contribution in [2.75, 3.05) is 0 Å². The van der Waals surface area contributed by atoms with Crippen molar-refractivity contribution in [1.82, 2.24) is 4.98 Å². The molecule has 0 aliphatic heterocycles. The number of benzene rings is 1. The number of pyridine rings is 1. The van der Waals surface area contributed by atoms with E-state index in [1.54, 1.807) is 12.1 Å². The second kappa shape index (κ2) is 3.51. The highest BCUT2D eigenvalue weighted by atomic mass is 35.5. The molecule has 0 fully saturated rings. The van der Waals surface area contributed by atoms with Gasteiger partial charge in [0.15, 0.2) is 0 Å². The third kappa shape index (κ3) is 1.66. The summed E-state index contributed by atoms with van der Waals surface area (Å²) in [6.45, 7) is 1.84. The van der Waals surface area contributed by atoms with Crippen LogP contribution >= 0.6 is 11.6 Å². The predicted molar refractivity (Wildman–Crippen MR) is 58.4 cm³/mol. The van der Waals surface area contributed by atoms with Crippen LogP contribution in [0, 0.1) is 6.92 Å². The van der Waals surface area contributed by atoms with E-state index in [-0.39, 0.29) is 5.69 Å². The number of aromatic carboxylic acids is 1. The fourth-order valence-corrected chi connectivity index (χ4v) is 1.71. The minimum atomic E-state index is -1.04. The van der Waals surface area contributed by atoms with Gasteiger partial charge in [0.2, 0.25) is 0 Å². The molecule has 0 radical (unpaired) electrons. The van der Waals surface area contributed by atoms with Gasteiger partial charge in [-0.15, -0.1) is 0 Å². The number of aryl methyl sites for hydroxylation is 1. The maximum Gasteiger partial charge on any atom is 0.354 e. The van der Waals surface area contributed by atoms with Crippen molar-refractivity contribution in [2.45, 2.75) is 6.92 Å². The number of halogens is 1. The molecule has 1 aromatic carbocycles. The van der Waals surface area contributed by atoms with Crippen molar-refractivity contribution >= 4 is 28.5 Å². The lowest BCUT2D eigenvalue weighted by Gasteiger charge is -2.04. The van der Waals surface area contributed by atoms with Crippen molar-refractivity contribution in [3.8, 4) is 0 Å². The Morgan fingerprint density at radius 3 is 2.87 bits per heavy atom. The van der Waals surface area contributed by atoms with Gasteiger partial charge < -0.3 is 5.11 Å². The van der Waals surface area contributed by atoms with Crippen molar-refractivity contribution < 1.29 is 9.90 Å². The number of carboxylic acid groups (broad SMARTS) is 1. The van der Waals surface area contributed by atoms with Crippen LogP contribution in [-0.4, -0.2) is 16.1 Å². The van der Waals surface area contributed by atoms with Crippen LogP contribution in [0.2, 0.25) is 5.02 Å². The highest BCUT2D eigenvalue weighted by molar-refractivity contribution is 6.35. The molecular weight excluding hydrogens is 214 g/mol. The Bertz CT molecular complexity index is 552. The van der Waals surface area contributed by atoms with E-state index in [1.807, 2.05) is 19.1 Å². The first kappa shape index (κ1) is 9.93. The van der Waals surface area contributed by atoms with Gasteiger partial charge in [0.05, 0.1) is 10.5 Å². The van der Waals surface area contributed by atoms with Crippen molar-refractivity contribution in [3.05, 3.63) is 40.5 Å². The molecule has 76 valence electrons. The van der Waals surface area contributed by atoms with E-state index in [0.717, 1.165) is 10.9 Å². The number of nitrogens with zero attached hydrogens (tertiary/aromatic N) is 1. The molecule has 0 aliphatic rings. The van der Waals surface area contributed by atoms with Crippen molar-refractivity contribution in [1.29, 1.82) is 0 Å². The third-order valence-electron chi connectivity index (χ3n) is 2.22. The summed E-state index contributed by atoms with van der Waals surface area (Å²) in [7, 11) is 0. The van der Waals surface area contributed by atoms with E-state index in [9.17, 15) is 4.79 Å². The predicted octanol–water partition coefficient (Wildman–Crippen LogP) is 2.89. The summed E-state index contributed by atoms with van der Waals surface area (Å²) in [5.74, 6) is -1.04. The minimum Gasteiger partial charge on any atom is -0.477 e. The van der Waals surface area contributed by atoms with Crippen LogP contribution in [0.4, 0.5) is 0 Å². The molecule has 3 nitrogen and oxygen atoms in total. The molecule has 0 amide bonds. The van der Waals surface area contributed by atoms with E-state index in [4.69, 9.17) is 16.7 Å². The highest BCUT2D eigenvalue weighted by Gasteiger charge is 2.09. The number of carboxylic acids is 1. The zero-order valence-corrected chi connectivity index (χ0v) is 8.75. The zero-order valence-electron chi connectivity index (χ0n) is 7.99. The Balaban J connectivity index is 2.85. The number of aromatic nitrogens is 1. The number of rotatable bonds is 1. The van der Waals surface area contributed by atoms with Crippen molar-refractivity contribution in [2.24, 2.45) is 0 Å². The maximum absolute atomic E-state index is 10.8. The van der Waals surface area contributed by atoms with Gasteiger partial charge in [0.25, 0.3) is 0 Å². The number of fused-ring (bicyclic) bond motifs is 1. The molecule has 0 bridgehead atoms.